The van der Waals surface area contributed by atoms with Crippen LogP contribution in [-0.4, -0.2) is 17.0 Å². The largest absolute Gasteiger partial charge is 0.488 e. The first-order valence-electron chi connectivity index (χ1n) is 9.13. The van der Waals surface area contributed by atoms with Gasteiger partial charge in [0.05, 0.1) is 17.6 Å². The van der Waals surface area contributed by atoms with Gasteiger partial charge in [-0.1, -0.05) is 46.3 Å². The summed E-state index contributed by atoms with van der Waals surface area (Å²) in [6, 6.07) is 17.3. The summed E-state index contributed by atoms with van der Waals surface area (Å²) in [6.07, 6.45) is 1.24. The number of hydrogen-bond donors (Lipinski definition) is 1. The van der Waals surface area contributed by atoms with Gasteiger partial charge in [0.15, 0.2) is 0 Å². The molecule has 7 nitrogen and oxygen atoms in total. The third-order valence-electron chi connectivity index (χ3n) is 4.21. The Balaban J connectivity index is 1.65. The Kier molecular flexibility index (Phi) is 7.45. The lowest BCUT2D eigenvalue weighted by molar-refractivity contribution is -0.385. The van der Waals surface area contributed by atoms with Gasteiger partial charge in [-0.2, -0.15) is 5.10 Å². The lowest BCUT2D eigenvalue weighted by Gasteiger charge is -2.10. The second kappa shape index (κ2) is 10.4. The maximum Gasteiger partial charge on any atom is 0.273 e. The van der Waals surface area contributed by atoms with Gasteiger partial charge in [-0.3, -0.25) is 14.9 Å². The number of benzene rings is 3. The number of rotatable bonds is 8. The number of nitrogens with one attached hydrogen (secondary N) is 1. The molecule has 0 aliphatic rings. The first-order valence-corrected chi connectivity index (χ1v) is 9.92. The van der Waals surface area contributed by atoms with E-state index in [1.54, 1.807) is 42.5 Å². The van der Waals surface area contributed by atoms with Gasteiger partial charge >= 0.3 is 0 Å². The van der Waals surface area contributed by atoms with Crippen molar-refractivity contribution >= 4 is 33.7 Å². The topological polar surface area (TPSA) is 93.8 Å². The van der Waals surface area contributed by atoms with Crippen molar-refractivity contribution in [2.45, 2.75) is 13.0 Å². The minimum absolute atomic E-state index is 0.120. The molecular weight excluding hydrogens is 469 g/mol. The summed E-state index contributed by atoms with van der Waals surface area (Å²) >= 11 is 3.38. The van der Waals surface area contributed by atoms with Crippen LogP contribution < -0.4 is 10.2 Å². The van der Waals surface area contributed by atoms with Gasteiger partial charge in [-0.15, -0.1) is 0 Å². The Hall–Kier alpha value is -3.59. The van der Waals surface area contributed by atoms with Crippen LogP contribution >= 0.6 is 15.9 Å². The predicted octanol–water partition coefficient (Wildman–Crippen LogP) is 4.77. The first kappa shape index (κ1) is 22.1. The second-order valence-corrected chi connectivity index (χ2v) is 7.37. The summed E-state index contributed by atoms with van der Waals surface area (Å²) in [4.78, 5) is 22.7. The highest BCUT2D eigenvalue weighted by molar-refractivity contribution is 9.10. The van der Waals surface area contributed by atoms with Gasteiger partial charge in [0, 0.05) is 21.7 Å². The fourth-order valence-corrected chi connectivity index (χ4v) is 3.10. The van der Waals surface area contributed by atoms with Crippen molar-refractivity contribution < 1.29 is 18.8 Å². The molecule has 0 unspecified atom stereocenters. The van der Waals surface area contributed by atoms with Crippen LogP contribution in [0.4, 0.5) is 10.1 Å². The number of amides is 1. The smallest absolute Gasteiger partial charge is 0.273 e. The van der Waals surface area contributed by atoms with E-state index >= 15 is 0 Å². The monoisotopic (exact) mass is 485 g/mol. The maximum atomic E-state index is 13.0. The van der Waals surface area contributed by atoms with Crippen molar-refractivity contribution in [3.63, 3.8) is 0 Å². The van der Waals surface area contributed by atoms with E-state index in [1.807, 2.05) is 0 Å². The lowest BCUT2D eigenvalue weighted by Crippen LogP contribution is -2.20. The van der Waals surface area contributed by atoms with Gasteiger partial charge in [0.1, 0.15) is 18.2 Å². The Labute approximate surface area is 185 Å². The van der Waals surface area contributed by atoms with Crippen LogP contribution in [0.25, 0.3) is 0 Å². The molecule has 3 rings (SSSR count). The van der Waals surface area contributed by atoms with Gasteiger partial charge in [-0.05, 0) is 35.9 Å². The van der Waals surface area contributed by atoms with E-state index in [0.29, 0.717) is 16.9 Å². The summed E-state index contributed by atoms with van der Waals surface area (Å²) in [5.41, 5.74) is 3.94. The molecule has 0 aromatic heterocycles. The zero-order valence-electron chi connectivity index (χ0n) is 16.1. The van der Waals surface area contributed by atoms with Crippen molar-refractivity contribution in [2.24, 2.45) is 5.10 Å². The number of carbonyl (C=O) groups is 1. The summed E-state index contributed by atoms with van der Waals surface area (Å²) in [5, 5.41) is 15.0. The summed E-state index contributed by atoms with van der Waals surface area (Å²) < 4.78 is 19.6. The number of carbonyl (C=O) groups excluding carboxylic acids is 1. The number of nitrogens with zero attached hydrogens (tertiary/aromatic N) is 2. The van der Waals surface area contributed by atoms with E-state index in [0.717, 1.165) is 10.0 Å². The molecule has 1 amide bonds. The Bertz CT molecular complexity index is 1120. The van der Waals surface area contributed by atoms with E-state index in [1.165, 1.54) is 30.5 Å². The standard InChI is InChI=1S/C22H17BrFN3O4/c23-18-7-10-21(31-14-15-5-8-19(24)9-6-15)17(11-18)13-25-26-22(28)12-16-3-1-2-4-20(16)27(29)30/h1-11,13H,12,14H2,(H,26,28). The summed E-state index contributed by atoms with van der Waals surface area (Å²) in [6.45, 7) is 0.229. The molecule has 0 saturated heterocycles. The van der Waals surface area contributed by atoms with Crippen molar-refractivity contribution in [2.75, 3.05) is 0 Å². The molecule has 3 aromatic carbocycles. The molecule has 0 heterocycles. The van der Waals surface area contributed by atoms with E-state index < -0.39 is 10.8 Å². The normalized spacial score (nSPS) is 10.8. The molecule has 0 aliphatic carbocycles. The second-order valence-electron chi connectivity index (χ2n) is 6.45. The minimum atomic E-state index is -0.530. The molecule has 1 N–H and O–H groups in total. The van der Waals surface area contributed by atoms with E-state index in [4.69, 9.17) is 4.74 Å². The first-order chi connectivity index (χ1) is 14.9. The Morgan fingerprint density at radius 2 is 1.90 bits per heavy atom. The molecule has 3 aromatic rings. The average Bonchev–Trinajstić information content (AvgIpc) is 2.74. The number of para-hydroxylation sites is 1. The van der Waals surface area contributed by atoms with Crippen LogP contribution in [0.5, 0.6) is 5.75 Å². The van der Waals surface area contributed by atoms with Gasteiger partial charge in [0.25, 0.3) is 5.69 Å². The molecular formula is C22H17BrFN3O4. The molecule has 0 atom stereocenters. The number of nitro groups is 1. The van der Waals surface area contributed by atoms with E-state index in [-0.39, 0.29) is 24.5 Å². The molecule has 0 aliphatic heterocycles. The van der Waals surface area contributed by atoms with Crippen molar-refractivity contribution in [3.05, 3.63) is 104 Å². The predicted molar refractivity (Wildman–Crippen MR) is 117 cm³/mol. The Morgan fingerprint density at radius 1 is 1.16 bits per heavy atom. The zero-order valence-corrected chi connectivity index (χ0v) is 17.7. The van der Waals surface area contributed by atoms with Crippen LogP contribution in [-0.2, 0) is 17.8 Å². The number of hydrogen-bond acceptors (Lipinski definition) is 5. The summed E-state index contributed by atoms with van der Waals surface area (Å²) in [7, 11) is 0. The highest BCUT2D eigenvalue weighted by atomic mass is 79.9. The van der Waals surface area contributed by atoms with Crippen LogP contribution in [0, 0.1) is 15.9 Å². The van der Waals surface area contributed by atoms with Gasteiger partial charge in [0.2, 0.25) is 5.91 Å². The van der Waals surface area contributed by atoms with Crippen molar-refractivity contribution in [3.8, 4) is 5.75 Å². The Morgan fingerprint density at radius 3 is 2.65 bits per heavy atom. The fraction of sp³-hybridized carbons (Fsp3) is 0.0909. The SMILES string of the molecule is O=C(Cc1ccccc1[N+](=O)[O-])NN=Cc1cc(Br)ccc1OCc1ccc(F)cc1. The molecule has 0 bridgehead atoms. The number of hydrazone groups is 1. The molecule has 0 radical (unpaired) electrons. The number of nitro benzene ring substituents is 1. The minimum Gasteiger partial charge on any atom is -0.488 e. The molecule has 31 heavy (non-hydrogen) atoms. The third kappa shape index (κ3) is 6.45. The highest BCUT2D eigenvalue weighted by Gasteiger charge is 2.15. The molecule has 0 spiro atoms. The van der Waals surface area contributed by atoms with E-state index in [2.05, 4.69) is 26.5 Å². The number of halogens is 2. The van der Waals surface area contributed by atoms with Crippen molar-refractivity contribution in [1.82, 2.24) is 5.43 Å². The summed E-state index contributed by atoms with van der Waals surface area (Å²) in [5.74, 6) is -0.296. The molecule has 9 heteroatoms. The molecule has 0 fully saturated rings. The number of ether oxygens (including phenoxy) is 1. The molecule has 158 valence electrons. The van der Waals surface area contributed by atoms with Crippen LogP contribution in [0.15, 0.2) is 76.3 Å². The maximum absolute atomic E-state index is 13.0. The lowest BCUT2D eigenvalue weighted by atomic mass is 10.1. The van der Waals surface area contributed by atoms with Crippen LogP contribution in [0.3, 0.4) is 0 Å². The fourth-order valence-electron chi connectivity index (χ4n) is 2.72. The zero-order chi connectivity index (χ0) is 22.2. The van der Waals surface area contributed by atoms with Crippen LogP contribution in [0.1, 0.15) is 16.7 Å². The highest BCUT2D eigenvalue weighted by Crippen LogP contribution is 2.23. The van der Waals surface area contributed by atoms with Crippen molar-refractivity contribution in [1.29, 1.82) is 0 Å². The van der Waals surface area contributed by atoms with Gasteiger partial charge < -0.3 is 4.74 Å². The van der Waals surface area contributed by atoms with E-state index in [9.17, 15) is 19.3 Å². The molecule has 0 saturated carbocycles. The van der Waals surface area contributed by atoms with Gasteiger partial charge in [-0.25, -0.2) is 9.82 Å². The average molecular weight is 486 g/mol. The quantitative estimate of drug-likeness (QED) is 0.282. The van der Waals surface area contributed by atoms with Crippen LogP contribution in [0.2, 0.25) is 0 Å². The third-order valence-corrected chi connectivity index (χ3v) is 4.70.